The van der Waals surface area contributed by atoms with Crippen molar-refractivity contribution >= 4 is 34.8 Å². The van der Waals surface area contributed by atoms with Crippen LogP contribution in [0.2, 0.25) is 10.0 Å². The standard InChI is InChI=1S/C22H21Cl2N7/c1-30-10-6-16(7-11-30)27-22-28-20(14-4-8-25-9-5-14)19(21-29-26-13-31(21)22)15-2-3-17(23)18(24)12-15/h2-5,8-9,12-13,16H,6-7,10-11H2,1H3,(H,27,28). The summed E-state index contributed by atoms with van der Waals surface area (Å²) < 4.78 is 1.90. The van der Waals surface area contributed by atoms with E-state index in [-0.39, 0.29) is 0 Å². The molecule has 0 radical (unpaired) electrons. The number of halogens is 2. The molecule has 7 nitrogen and oxygen atoms in total. The highest BCUT2D eigenvalue weighted by Crippen LogP contribution is 2.37. The van der Waals surface area contributed by atoms with Crippen molar-refractivity contribution in [2.45, 2.75) is 18.9 Å². The summed E-state index contributed by atoms with van der Waals surface area (Å²) in [6, 6.07) is 9.77. The second kappa shape index (κ2) is 8.42. The highest BCUT2D eigenvalue weighted by Gasteiger charge is 2.22. The molecule has 31 heavy (non-hydrogen) atoms. The molecule has 0 unspecified atom stereocenters. The molecule has 0 saturated carbocycles. The van der Waals surface area contributed by atoms with Crippen molar-refractivity contribution in [3.63, 3.8) is 0 Å². The summed E-state index contributed by atoms with van der Waals surface area (Å²) >= 11 is 12.5. The molecular formula is C22H21Cl2N7. The molecule has 1 saturated heterocycles. The Hall–Kier alpha value is -2.74. The molecule has 0 amide bonds. The van der Waals surface area contributed by atoms with E-state index in [0.717, 1.165) is 54.3 Å². The number of hydrogen-bond acceptors (Lipinski definition) is 6. The molecule has 1 aromatic carbocycles. The molecule has 0 aliphatic carbocycles. The lowest BCUT2D eigenvalue weighted by atomic mass is 10.0. The number of fused-ring (bicyclic) bond motifs is 1. The first-order valence-corrected chi connectivity index (χ1v) is 10.9. The molecule has 4 aromatic rings. The zero-order valence-corrected chi connectivity index (χ0v) is 18.5. The SMILES string of the molecule is CN1CCC(Nc2nc(-c3ccncc3)c(-c3ccc(Cl)c(Cl)c3)c3nncn23)CC1. The third-order valence-electron chi connectivity index (χ3n) is 5.67. The van der Waals surface area contributed by atoms with Gasteiger partial charge in [-0.25, -0.2) is 4.98 Å². The van der Waals surface area contributed by atoms with Gasteiger partial charge in [0.1, 0.15) is 6.33 Å². The molecule has 0 atom stereocenters. The van der Waals surface area contributed by atoms with Crippen LogP contribution in [-0.4, -0.2) is 55.6 Å². The minimum atomic E-state index is 0.343. The van der Waals surface area contributed by atoms with E-state index in [1.165, 1.54) is 0 Å². The maximum absolute atomic E-state index is 6.34. The molecule has 4 heterocycles. The zero-order chi connectivity index (χ0) is 21.4. The molecular weight excluding hydrogens is 433 g/mol. The fourth-order valence-corrected chi connectivity index (χ4v) is 4.25. The van der Waals surface area contributed by atoms with Gasteiger partial charge in [0.15, 0.2) is 5.65 Å². The smallest absolute Gasteiger partial charge is 0.210 e. The van der Waals surface area contributed by atoms with Crippen LogP contribution in [0, 0.1) is 0 Å². The minimum absolute atomic E-state index is 0.343. The van der Waals surface area contributed by atoms with Crippen molar-refractivity contribution in [3.8, 4) is 22.4 Å². The lowest BCUT2D eigenvalue weighted by Gasteiger charge is -2.30. The summed E-state index contributed by atoms with van der Waals surface area (Å²) in [6.45, 7) is 2.11. The number of nitrogens with zero attached hydrogens (tertiary/aromatic N) is 6. The van der Waals surface area contributed by atoms with Crippen LogP contribution < -0.4 is 5.32 Å². The average molecular weight is 454 g/mol. The van der Waals surface area contributed by atoms with Gasteiger partial charge in [-0.15, -0.1) is 10.2 Å². The molecule has 1 aliphatic rings. The first-order chi connectivity index (χ1) is 15.1. The van der Waals surface area contributed by atoms with E-state index in [9.17, 15) is 0 Å². The van der Waals surface area contributed by atoms with E-state index in [2.05, 4.69) is 32.4 Å². The molecule has 0 bridgehead atoms. The molecule has 1 fully saturated rings. The summed E-state index contributed by atoms with van der Waals surface area (Å²) in [5, 5.41) is 13.2. The van der Waals surface area contributed by atoms with Gasteiger partial charge in [-0.1, -0.05) is 29.3 Å². The third-order valence-corrected chi connectivity index (χ3v) is 6.41. The van der Waals surface area contributed by atoms with Crippen molar-refractivity contribution in [1.29, 1.82) is 0 Å². The van der Waals surface area contributed by atoms with Gasteiger partial charge in [-0.3, -0.25) is 9.38 Å². The third kappa shape index (κ3) is 3.96. The van der Waals surface area contributed by atoms with Gasteiger partial charge < -0.3 is 10.2 Å². The van der Waals surface area contributed by atoms with E-state index in [1.807, 2.05) is 28.7 Å². The van der Waals surface area contributed by atoms with Crippen LogP contribution in [0.1, 0.15) is 12.8 Å². The van der Waals surface area contributed by atoms with Gasteiger partial charge in [0, 0.05) is 24.0 Å². The first kappa shape index (κ1) is 20.2. The van der Waals surface area contributed by atoms with Gasteiger partial charge in [0.2, 0.25) is 5.95 Å². The van der Waals surface area contributed by atoms with Gasteiger partial charge in [0.25, 0.3) is 0 Å². The van der Waals surface area contributed by atoms with E-state index >= 15 is 0 Å². The fourth-order valence-electron chi connectivity index (χ4n) is 3.96. The van der Waals surface area contributed by atoms with Crippen molar-refractivity contribution in [1.82, 2.24) is 29.5 Å². The molecule has 0 spiro atoms. The number of benzene rings is 1. The Kier molecular flexibility index (Phi) is 5.48. The Morgan fingerprint density at radius 1 is 1.00 bits per heavy atom. The second-order valence-electron chi connectivity index (χ2n) is 7.77. The average Bonchev–Trinajstić information content (AvgIpc) is 3.28. The van der Waals surface area contributed by atoms with E-state index in [1.54, 1.807) is 24.8 Å². The van der Waals surface area contributed by atoms with Crippen LogP contribution in [0.4, 0.5) is 5.95 Å². The maximum atomic E-state index is 6.34. The molecule has 5 rings (SSSR count). The summed E-state index contributed by atoms with van der Waals surface area (Å²) in [6.07, 6.45) is 7.32. The molecule has 3 aromatic heterocycles. The normalized spacial score (nSPS) is 15.5. The quantitative estimate of drug-likeness (QED) is 0.484. The molecule has 9 heteroatoms. The van der Waals surface area contributed by atoms with Gasteiger partial charge in [-0.2, -0.15) is 0 Å². The predicted molar refractivity (Wildman–Crippen MR) is 124 cm³/mol. The van der Waals surface area contributed by atoms with Crippen LogP contribution in [-0.2, 0) is 0 Å². The van der Waals surface area contributed by atoms with Crippen LogP contribution in [0.5, 0.6) is 0 Å². The molecule has 158 valence electrons. The summed E-state index contributed by atoms with van der Waals surface area (Å²) in [4.78, 5) is 11.5. The number of rotatable bonds is 4. The van der Waals surface area contributed by atoms with Crippen molar-refractivity contribution in [2.24, 2.45) is 0 Å². The minimum Gasteiger partial charge on any atom is -0.352 e. The number of anilines is 1. The van der Waals surface area contributed by atoms with Crippen LogP contribution in [0.3, 0.4) is 0 Å². The topological polar surface area (TPSA) is 71.2 Å². The van der Waals surface area contributed by atoms with Crippen molar-refractivity contribution < 1.29 is 0 Å². The molecule has 1 aliphatic heterocycles. The maximum Gasteiger partial charge on any atom is 0.210 e. The Morgan fingerprint density at radius 3 is 2.52 bits per heavy atom. The Balaban J connectivity index is 1.69. The molecule has 1 N–H and O–H groups in total. The second-order valence-corrected chi connectivity index (χ2v) is 8.58. The number of piperidine rings is 1. The number of hydrogen-bond donors (Lipinski definition) is 1. The summed E-state index contributed by atoms with van der Waals surface area (Å²) in [5.41, 5.74) is 4.15. The van der Waals surface area contributed by atoms with Crippen LogP contribution in [0.15, 0.2) is 49.1 Å². The van der Waals surface area contributed by atoms with Gasteiger partial charge in [-0.05, 0) is 62.8 Å². The largest absolute Gasteiger partial charge is 0.352 e. The van der Waals surface area contributed by atoms with Gasteiger partial charge in [0.05, 0.1) is 21.3 Å². The Morgan fingerprint density at radius 2 is 1.77 bits per heavy atom. The predicted octanol–water partition coefficient (Wildman–Crippen LogP) is 4.67. The van der Waals surface area contributed by atoms with Crippen LogP contribution >= 0.6 is 23.2 Å². The highest BCUT2D eigenvalue weighted by atomic mass is 35.5. The van der Waals surface area contributed by atoms with E-state index in [4.69, 9.17) is 28.2 Å². The van der Waals surface area contributed by atoms with Crippen molar-refractivity contribution in [3.05, 3.63) is 59.1 Å². The highest BCUT2D eigenvalue weighted by molar-refractivity contribution is 6.42. The lowest BCUT2D eigenvalue weighted by Crippen LogP contribution is -2.37. The van der Waals surface area contributed by atoms with E-state index < -0.39 is 0 Å². The van der Waals surface area contributed by atoms with Crippen molar-refractivity contribution in [2.75, 3.05) is 25.5 Å². The Labute approximate surface area is 190 Å². The monoisotopic (exact) mass is 453 g/mol. The number of aromatic nitrogens is 5. The fraction of sp³-hybridized carbons (Fsp3) is 0.273. The van der Waals surface area contributed by atoms with E-state index in [0.29, 0.717) is 21.7 Å². The first-order valence-electron chi connectivity index (χ1n) is 10.1. The summed E-state index contributed by atoms with van der Waals surface area (Å²) in [7, 11) is 2.15. The number of likely N-dealkylation sites (tertiary alicyclic amines) is 1. The van der Waals surface area contributed by atoms with Crippen LogP contribution in [0.25, 0.3) is 28.0 Å². The number of pyridine rings is 1. The number of nitrogens with one attached hydrogen (secondary N) is 1. The Bertz CT molecular complexity index is 1220. The van der Waals surface area contributed by atoms with Gasteiger partial charge >= 0.3 is 0 Å². The zero-order valence-electron chi connectivity index (χ0n) is 17.0. The lowest BCUT2D eigenvalue weighted by molar-refractivity contribution is 0.263. The summed E-state index contributed by atoms with van der Waals surface area (Å²) in [5.74, 6) is 0.727.